The number of rotatable bonds is 3. The van der Waals surface area contributed by atoms with Crippen LogP contribution in [0.2, 0.25) is 0 Å². The Bertz CT molecular complexity index is 1640. The van der Waals surface area contributed by atoms with Crippen LogP contribution in [0.4, 0.5) is 16.2 Å². The Morgan fingerprint density at radius 1 is 1.06 bits per heavy atom. The Balaban J connectivity index is 1.31. The average Bonchev–Trinajstić information content (AvgIpc) is 3.52. The third-order valence-corrected chi connectivity index (χ3v) is 6.55. The lowest BCUT2D eigenvalue weighted by molar-refractivity contribution is 0.164. The summed E-state index contributed by atoms with van der Waals surface area (Å²) in [5.41, 5.74) is 6.01. The van der Waals surface area contributed by atoms with Crippen LogP contribution < -0.4 is 5.32 Å². The van der Waals surface area contributed by atoms with Gasteiger partial charge in [0.1, 0.15) is 0 Å². The molecule has 0 spiro atoms. The van der Waals surface area contributed by atoms with Gasteiger partial charge in [0.25, 0.3) is 0 Å². The van der Waals surface area contributed by atoms with E-state index in [-0.39, 0.29) is 6.03 Å². The highest BCUT2D eigenvalue weighted by Gasteiger charge is 2.19. The fourth-order valence-corrected chi connectivity index (χ4v) is 4.51. The van der Waals surface area contributed by atoms with Gasteiger partial charge in [-0.05, 0) is 31.3 Å². The van der Waals surface area contributed by atoms with Crippen LogP contribution in [0.25, 0.3) is 49.3 Å². The van der Waals surface area contributed by atoms with Crippen molar-refractivity contribution < 1.29 is 4.79 Å². The van der Waals surface area contributed by atoms with Crippen molar-refractivity contribution in [3.8, 4) is 22.5 Å². The van der Waals surface area contributed by atoms with E-state index in [0.717, 1.165) is 51.9 Å². The first-order valence-corrected chi connectivity index (χ1v) is 11.6. The van der Waals surface area contributed by atoms with Gasteiger partial charge in [0.2, 0.25) is 0 Å². The van der Waals surface area contributed by atoms with E-state index in [4.69, 9.17) is 6.57 Å². The Morgan fingerprint density at radius 2 is 1.89 bits per heavy atom. The van der Waals surface area contributed by atoms with Crippen molar-refractivity contribution in [2.24, 2.45) is 0 Å². The second kappa shape index (κ2) is 8.79. The molecule has 36 heavy (non-hydrogen) atoms. The van der Waals surface area contributed by atoms with E-state index in [2.05, 4.69) is 47.3 Å². The van der Waals surface area contributed by atoms with Crippen molar-refractivity contribution in [3.05, 3.63) is 66.4 Å². The molecule has 0 saturated carbocycles. The Morgan fingerprint density at radius 3 is 2.72 bits per heavy atom. The second-order valence-electron chi connectivity index (χ2n) is 8.91. The SMILES string of the molecule is [C-]#[N+]c1cccc2[nH]c(-c3[nH]nc4ncc(-c5cncc(NC(=O)N6CCN(C)CC6)c5)cc34)cc12. The number of pyridine rings is 2. The predicted molar refractivity (Wildman–Crippen MR) is 139 cm³/mol. The maximum atomic E-state index is 12.7. The van der Waals surface area contributed by atoms with Crippen molar-refractivity contribution >= 4 is 39.3 Å². The summed E-state index contributed by atoms with van der Waals surface area (Å²) in [5, 5.41) is 12.1. The van der Waals surface area contributed by atoms with Gasteiger partial charge in [-0.3, -0.25) is 10.1 Å². The molecule has 1 aromatic carbocycles. The van der Waals surface area contributed by atoms with Crippen molar-refractivity contribution in [1.82, 2.24) is 34.9 Å². The van der Waals surface area contributed by atoms with Gasteiger partial charge < -0.3 is 20.1 Å². The number of piperazine rings is 1. The number of carbonyl (C=O) groups is 1. The maximum Gasteiger partial charge on any atom is 0.321 e. The molecule has 10 nitrogen and oxygen atoms in total. The van der Waals surface area contributed by atoms with E-state index in [0.29, 0.717) is 30.1 Å². The van der Waals surface area contributed by atoms with Crippen molar-refractivity contribution in [2.75, 3.05) is 38.5 Å². The number of amides is 2. The minimum Gasteiger partial charge on any atom is -0.354 e. The standard InChI is InChI=1S/C26H23N9O/c1-27-21-4-3-5-22-19(21)12-23(31-22)24-20-11-17(14-29-25(20)33-32-24)16-10-18(15-28-13-16)30-26(36)35-8-6-34(2)7-9-35/h3-5,10-15,31H,6-9H2,2H3,(H,30,36)(H,29,32,33). The maximum absolute atomic E-state index is 12.7. The molecule has 0 aliphatic carbocycles. The van der Waals surface area contributed by atoms with Crippen LogP contribution in [0.5, 0.6) is 0 Å². The highest BCUT2D eigenvalue weighted by Crippen LogP contribution is 2.34. The van der Waals surface area contributed by atoms with Crippen molar-refractivity contribution in [3.63, 3.8) is 0 Å². The number of nitrogens with zero attached hydrogens (tertiary/aromatic N) is 6. The molecule has 5 heterocycles. The zero-order valence-corrected chi connectivity index (χ0v) is 19.6. The van der Waals surface area contributed by atoms with Crippen LogP contribution in [0.15, 0.2) is 55.0 Å². The number of urea groups is 1. The number of likely N-dealkylation sites (N-methyl/N-ethyl adjacent to an activating group) is 1. The molecule has 1 aliphatic heterocycles. The first-order chi connectivity index (χ1) is 17.6. The minimum absolute atomic E-state index is 0.120. The minimum atomic E-state index is -0.120. The van der Waals surface area contributed by atoms with Gasteiger partial charge in [-0.1, -0.05) is 12.1 Å². The fourth-order valence-electron chi connectivity index (χ4n) is 4.51. The van der Waals surface area contributed by atoms with Gasteiger partial charge in [0.15, 0.2) is 11.3 Å². The molecule has 0 bridgehead atoms. The van der Waals surface area contributed by atoms with Gasteiger partial charge in [0.05, 0.1) is 29.8 Å². The number of carbonyl (C=O) groups excluding carboxylic acids is 1. The Hall–Kier alpha value is -4.75. The largest absolute Gasteiger partial charge is 0.354 e. The van der Waals surface area contributed by atoms with E-state index < -0.39 is 0 Å². The van der Waals surface area contributed by atoms with Crippen LogP contribution in [-0.2, 0) is 0 Å². The summed E-state index contributed by atoms with van der Waals surface area (Å²) in [6.07, 6.45) is 5.14. The lowest BCUT2D eigenvalue weighted by Crippen LogP contribution is -2.48. The summed E-state index contributed by atoms with van der Waals surface area (Å²) < 4.78 is 0. The molecule has 2 amide bonds. The molecule has 1 fully saturated rings. The van der Waals surface area contributed by atoms with E-state index >= 15 is 0 Å². The number of anilines is 1. The third-order valence-electron chi connectivity index (χ3n) is 6.55. The summed E-state index contributed by atoms with van der Waals surface area (Å²) >= 11 is 0. The van der Waals surface area contributed by atoms with Crippen molar-refractivity contribution in [1.29, 1.82) is 0 Å². The topological polar surface area (TPSA) is 110 Å². The number of aromatic amines is 2. The zero-order chi connectivity index (χ0) is 24.6. The number of hydrogen-bond acceptors (Lipinski definition) is 5. The summed E-state index contributed by atoms with van der Waals surface area (Å²) in [6, 6.07) is 11.4. The highest BCUT2D eigenvalue weighted by atomic mass is 16.2. The summed E-state index contributed by atoms with van der Waals surface area (Å²) in [4.78, 5) is 32.6. The third kappa shape index (κ3) is 3.91. The second-order valence-corrected chi connectivity index (χ2v) is 8.91. The Kier molecular flexibility index (Phi) is 5.32. The lowest BCUT2D eigenvalue weighted by atomic mass is 10.1. The summed E-state index contributed by atoms with van der Waals surface area (Å²) in [5.74, 6) is 0. The molecular formula is C26H23N9O. The van der Waals surface area contributed by atoms with E-state index in [9.17, 15) is 4.79 Å². The fraction of sp³-hybridized carbons (Fsp3) is 0.192. The number of fused-ring (bicyclic) bond motifs is 2. The number of benzene rings is 1. The number of hydrogen-bond donors (Lipinski definition) is 3. The first-order valence-electron chi connectivity index (χ1n) is 11.6. The van der Waals surface area contributed by atoms with Crippen LogP contribution in [-0.4, -0.2) is 74.2 Å². The van der Waals surface area contributed by atoms with E-state index in [1.807, 2.05) is 35.2 Å². The molecule has 0 unspecified atom stereocenters. The molecule has 10 heteroatoms. The first kappa shape index (κ1) is 21.8. The molecular weight excluding hydrogens is 454 g/mol. The van der Waals surface area contributed by atoms with Gasteiger partial charge in [-0.2, -0.15) is 5.10 Å². The molecule has 3 N–H and O–H groups in total. The van der Waals surface area contributed by atoms with Crippen LogP contribution >= 0.6 is 0 Å². The highest BCUT2D eigenvalue weighted by molar-refractivity contribution is 6.00. The molecule has 4 aromatic heterocycles. The van der Waals surface area contributed by atoms with Gasteiger partial charge >= 0.3 is 6.03 Å². The lowest BCUT2D eigenvalue weighted by Gasteiger charge is -2.32. The molecule has 5 aromatic rings. The molecule has 178 valence electrons. The number of aromatic nitrogens is 5. The molecule has 6 rings (SSSR count). The van der Waals surface area contributed by atoms with E-state index in [1.165, 1.54) is 0 Å². The Labute approximate surface area is 206 Å². The van der Waals surface area contributed by atoms with Gasteiger partial charge in [-0.25, -0.2) is 14.6 Å². The normalized spacial score (nSPS) is 14.3. The van der Waals surface area contributed by atoms with Gasteiger partial charge in [-0.15, -0.1) is 0 Å². The average molecular weight is 478 g/mol. The zero-order valence-electron chi connectivity index (χ0n) is 19.6. The summed E-state index contributed by atoms with van der Waals surface area (Å²) in [6.45, 7) is 10.6. The smallest absolute Gasteiger partial charge is 0.321 e. The van der Waals surface area contributed by atoms with E-state index in [1.54, 1.807) is 24.7 Å². The molecule has 1 saturated heterocycles. The van der Waals surface area contributed by atoms with Crippen molar-refractivity contribution in [2.45, 2.75) is 0 Å². The predicted octanol–water partition coefficient (Wildman–Crippen LogP) is 4.50. The molecule has 0 radical (unpaired) electrons. The monoisotopic (exact) mass is 477 g/mol. The number of H-pyrrole nitrogens is 2. The summed E-state index contributed by atoms with van der Waals surface area (Å²) in [7, 11) is 2.06. The van der Waals surface area contributed by atoms with Crippen LogP contribution in [0.1, 0.15) is 0 Å². The molecule has 1 aliphatic rings. The molecule has 0 atom stereocenters. The quantitative estimate of drug-likeness (QED) is 0.332. The van der Waals surface area contributed by atoms with Crippen LogP contribution in [0.3, 0.4) is 0 Å². The van der Waals surface area contributed by atoms with Gasteiger partial charge in [0, 0.05) is 66.0 Å². The number of nitrogens with one attached hydrogen (secondary N) is 3. The van der Waals surface area contributed by atoms with Crippen LogP contribution in [0, 0.1) is 6.57 Å².